The summed E-state index contributed by atoms with van der Waals surface area (Å²) in [5, 5.41) is 8.62. The molecular formula is C10H7F5O5S. The second-order valence-corrected chi connectivity index (χ2v) is 5.77. The summed E-state index contributed by atoms with van der Waals surface area (Å²) in [6, 6.07) is 0.576. The van der Waals surface area contributed by atoms with Crippen LogP contribution in [0.3, 0.4) is 0 Å². The van der Waals surface area contributed by atoms with E-state index < -0.39 is 56.6 Å². The molecule has 1 aromatic carbocycles. The number of hydrogen-bond acceptors (Lipinski definition) is 4. The molecule has 0 aliphatic rings. The first-order chi connectivity index (χ1) is 9.44. The van der Waals surface area contributed by atoms with E-state index in [9.17, 15) is 35.2 Å². The topological polar surface area (TPSA) is 80.7 Å². The molecular weight excluding hydrogens is 327 g/mol. The van der Waals surface area contributed by atoms with Gasteiger partial charge in [-0.25, -0.2) is 22.0 Å². The summed E-state index contributed by atoms with van der Waals surface area (Å²) in [4.78, 5) is 9.29. The second kappa shape index (κ2) is 5.93. The number of hydrogen-bond donors (Lipinski definition) is 1. The Labute approximate surface area is 114 Å². The number of benzene rings is 1. The van der Waals surface area contributed by atoms with E-state index in [1.807, 2.05) is 0 Å². The van der Waals surface area contributed by atoms with Gasteiger partial charge in [0.15, 0.2) is 21.5 Å². The summed E-state index contributed by atoms with van der Waals surface area (Å²) in [6.07, 6.45) is -5.08. The lowest BCUT2D eigenvalue weighted by Crippen LogP contribution is -2.21. The van der Waals surface area contributed by atoms with Crippen molar-refractivity contribution in [2.24, 2.45) is 0 Å². The Morgan fingerprint density at radius 1 is 1.24 bits per heavy atom. The minimum Gasteiger partial charge on any atom is -0.478 e. The first-order valence-corrected chi connectivity index (χ1v) is 6.75. The second-order valence-electron chi connectivity index (χ2n) is 3.69. The molecule has 0 saturated carbocycles. The van der Waals surface area contributed by atoms with Crippen LogP contribution in [-0.4, -0.2) is 38.2 Å². The smallest absolute Gasteiger partial charge is 0.478 e. The fourth-order valence-corrected chi connectivity index (χ4v) is 2.49. The van der Waals surface area contributed by atoms with Crippen LogP contribution in [0.25, 0.3) is 0 Å². The first kappa shape index (κ1) is 17.3. The van der Waals surface area contributed by atoms with Crippen molar-refractivity contribution in [3.8, 4) is 0 Å². The van der Waals surface area contributed by atoms with Gasteiger partial charge in [0.2, 0.25) is 0 Å². The highest BCUT2D eigenvalue weighted by Gasteiger charge is 2.31. The Hall–Kier alpha value is -1.75. The van der Waals surface area contributed by atoms with E-state index in [-0.39, 0.29) is 6.07 Å². The minimum atomic E-state index is -5.08. The molecule has 0 heterocycles. The zero-order valence-corrected chi connectivity index (χ0v) is 10.8. The third-order valence-electron chi connectivity index (χ3n) is 2.19. The normalized spacial score (nSPS) is 12.4. The summed E-state index contributed by atoms with van der Waals surface area (Å²) in [5.74, 6) is -6.64. The molecule has 0 fully saturated rings. The first-order valence-electron chi connectivity index (χ1n) is 5.10. The van der Waals surface area contributed by atoms with Gasteiger partial charge in [-0.3, -0.25) is 4.74 Å². The number of aromatic carboxylic acids is 1. The summed E-state index contributed by atoms with van der Waals surface area (Å²) in [6.45, 7) is -1.34. The molecule has 21 heavy (non-hydrogen) atoms. The Bertz CT molecular complexity index is 653. The van der Waals surface area contributed by atoms with Gasteiger partial charge in [0.05, 0.1) is 17.9 Å². The average Bonchev–Trinajstić information content (AvgIpc) is 2.29. The Kier molecular flexibility index (Phi) is 4.89. The van der Waals surface area contributed by atoms with Crippen molar-refractivity contribution in [1.82, 2.24) is 0 Å². The number of carboxylic acids is 1. The van der Waals surface area contributed by atoms with Crippen molar-refractivity contribution in [2.75, 3.05) is 12.4 Å². The molecule has 5 nitrogen and oxygen atoms in total. The Morgan fingerprint density at radius 2 is 1.81 bits per heavy atom. The van der Waals surface area contributed by atoms with E-state index >= 15 is 0 Å². The zero-order chi connectivity index (χ0) is 16.4. The van der Waals surface area contributed by atoms with E-state index in [1.54, 1.807) is 0 Å². The fraction of sp³-hybridized carbons (Fsp3) is 0.300. The van der Waals surface area contributed by atoms with E-state index in [2.05, 4.69) is 4.74 Å². The van der Waals surface area contributed by atoms with Crippen molar-refractivity contribution in [2.45, 2.75) is 11.3 Å². The van der Waals surface area contributed by atoms with Crippen molar-refractivity contribution in [3.63, 3.8) is 0 Å². The van der Waals surface area contributed by atoms with Crippen LogP contribution in [0.2, 0.25) is 0 Å². The fourth-order valence-electron chi connectivity index (χ4n) is 1.29. The van der Waals surface area contributed by atoms with Crippen molar-refractivity contribution >= 4 is 15.8 Å². The Balaban J connectivity index is 3.11. The summed E-state index contributed by atoms with van der Waals surface area (Å²) < 4.78 is 88.1. The molecule has 0 spiro atoms. The van der Waals surface area contributed by atoms with Crippen LogP contribution in [0.1, 0.15) is 10.4 Å². The number of sulfone groups is 1. The van der Waals surface area contributed by atoms with Gasteiger partial charge in [-0.1, -0.05) is 0 Å². The van der Waals surface area contributed by atoms with Crippen LogP contribution < -0.4 is 0 Å². The van der Waals surface area contributed by atoms with Gasteiger partial charge in [0.1, 0.15) is 4.90 Å². The number of carbonyl (C=O) groups is 1. The molecule has 118 valence electrons. The maximum absolute atomic E-state index is 13.4. The number of rotatable bonds is 5. The van der Waals surface area contributed by atoms with Crippen LogP contribution >= 0.6 is 0 Å². The number of alkyl halides is 3. The van der Waals surface area contributed by atoms with E-state index in [1.165, 1.54) is 0 Å². The average molecular weight is 334 g/mol. The predicted octanol–water partition coefficient (Wildman–Crippen LogP) is 1.97. The molecule has 1 aromatic rings. The summed E-state index contributed by atoms with van der Waals surface area (Å²) in [7, 11) is -4.70. The van der Waals surface area contributed by atoms with Gasteiger partial charge in [0, 0.05) is 0 Å². The van der Waals surface area contributed by atoms with Crippen molar-refractivity contribution in [3.05, 3.63) is 29.3 Å². The van der Waals surface area contributed by atoms with Gasteiger partial charge >= 0.3 is 12.3 Å². The minimum absolute atomic E-state index is 0.253. The van der Waals surface area contributed by atoms with Crippen LogP contribution in [0.15, 0.2) is 17.0 Å². The number of ether oxygens (including phenoxy) is 1. The number of halogens is 5. The monoisotopic (exact) mass is 334 g/mol. The molecule has 11 heteroatoms. The summed E-state index contributed by atoms with van der Waals surface area (Å²) >= 11 is 0. The van der Waals surface area contributed by atoms with Crippen LogP contribution in [0.5, 0.6) is 0 Å². The van der Waals surface area contributed by atoms with Crippen LogP contribution in [0.4, 0.5) is 22.0 Å². The van der Waals surface area contributed by atoms with Gasteiger partial charge in [-0.05, 0) is 12.1 Å². The summed E-state index contributed by atoms with van der Waals surface area (Å²) in [5.41, 5.74) is -0.857. The lowest BCUT2D eigenvalue weighted by Gasteiger charge is -2.09. The molecule has 0 aromatic heterocycles. The molecule has 0 unspecified atom stereocenters. The number of carboxylic acid groups (broad SMARTS) is 1. The van der Waals surface area contributed by atoms with Gasteiger partial charge in [-0.2, -0.15) is 0 Å². The van der Waals surface area contributed by atoms with Crippen molar-refractivity contribution < 1.29 is 45.0 Å². The molecule has 0 radical (unpaired) electrons. The molecule has 0 saturated heterocycles. The molecule has 1 rings (SSSR count). The van der Waals surface area contributed by atoms with Gasteiger partial charge in [0.25, 0.3) is 0 Å². The van der Waals surface area contributed by atoms with Crippen molar-refractivity contribution in [1.29, 1.82) is 0 Å². The Morgan fingerprint density at radius 3 is 2.29 bits per heavy atom. The highest BCUT2D eigenvalue weighted by molar-refractivity contribution is 7.91. The third-order valence-corrected chi connectivity index (χ3v) is 3.87. The SMILES string of the molecule is O=C(O)c1cc(F)c(F)c(S(=O)(=O)CCOC(F)(F)F)c1. The lowest BCUT2D eigenvalue weighted by molar-refractivity contribution is -0.322. The molecule has 0 atom stereocenters. The van der Waals surface area contributed by atoms with Crippen LogP contribution in [0, 0.1) is 11.6 Å². The molecule has 1 N–H and O–H groups in total. The molecule has 0 amide bonds. The van der Waals surface area contributed by atoms with Crippen LogP contribution in [-0.2, 0) is 14.6 Å². The zero-order valence-electron chi connectivity index (χ0n) is 9.95. The molecule has 0 aliphatic heterocycles. The highest BCUT2D eigenvalue weighted by Crippen LogP contribution is 2.22. The molecule has 0 bridgehead atoms. The van der Waals surface area contributed by atoms with Gasteiger partial charge < -0.3 is 5.11 Å². The predicted molar refractivity (Wildman–Crippen MR) is 57.4 cm³/mol. The quantitative estimate of drug-likeness (QED) is 0.833. The largest absolute Gasteiger partial charge is 0.522 e. The van der Waals surface area contributed by atoms with Gasteiger partial charge in [-0.15, -0.1) is 13.2 Å². The third kappa shape index (κ3) is 4.63. The molecule has 0 aliphatic carbocycles. The van der Waals surface area contributed by atoms with E-state index in [0.29, 0.717) is 6.07 Å². The lowest BCUT2D eigenvalue weighted by atomic mass is 10.2. The maximum Gasteiger partial charge on any atom is 0.522 e. The maximum atomic E-state index is 13.4. The van der Waals surface area contributed by atoms with E-state index in [0.717, 1.165) is 0 Å². The highest BCUT2D eigenvalue weighted by atomic mass is 32.2. The van der Waals surface area contributed by atoms with E-state index in [4.69, 9.17) is 5.11 Å². The standard InChI is InChI=1S/C10H7F5O5S/c11-6-3-5(9(16)17)4-7(8(6)12)21(18,19)2-1-20-10(13,14)15/h3-4H,1-2H2,(H,16,17).